The third kappa shape index (κ3) is 7.07. The zero-order valence-corrected chi connectivity index (χ0v) is 20.3. The Labute approximate surface area is 210 Å². The molecule has 35 heavy (non-hydrogen) atoms. The number of nitrogens with one attached hydrogen (secondary N) is 2. The van der Waals surface area contributed by atoms with Crippen LogP contribution in [0.1, 0.15) is 34.3 Å². The summed E-state index contributed by atoms with van der Waals surface area (Å²) in [6.07, 6.45) is 1.89. The molecule has 0 spiro atoms. The summed E-state index contributed by atoms with van der Waals surface area (Å²) in [6.45, 7) is 2.83. The number of amides is 2. The lowest BCUT2D eigenvalue weighted by molar-refractivity contribution is 0.0954. The third-order valence-electron chi connectivity index (χ3n) is 6.42. The highest BCUT2D eigenvalue weighted by molar-refractivity contribution is 6.30. The second-order valence-corrected chi connectivity index (χ2v) is 9.30. The van der Waals surface area contributed by atoms with Gasteiger partial charge in [-0.15, -0.1) is 0 Å². The maximum Gasteiger partial charge on any atom is 0.404 e. The first kappa shape index (κ1) is 24.8. The normalized spacial score (nSPS) is 15.6. The minimum atomic E-state index is -0.969. The van der Waals surface area contributed by atoms with E-state index in [1.165, 1.54) is 5.56 Å². The first-order valence-corrected chi connectivity index (χ1v) is 12.3. The van der Waals surface area contributed by atoms with Gasteiger partial charge in [-0.2, -0.15) is 0 Å². The van der Waals surface area contributed by atoms with Crippen molar-refractivity contribution in [3.8, 4) is 11.1 Å². The summed E-state index contributed by atoms with van der Waals surface area (Å²) in [5.41, 5.74) is 5.10. The van der Waals surface area contributed by atoms with E-state index in [1.807, 2.05) is 48.5 Å². The van der Waals surface area contributed by atoms with Crippen molar-refractivity contribution in [1.29, 1.82) is 0 Å². The van der Waals surface area contributed by atoms with Gasteiger partial charge >= 0.3 is 6.09 Å². The predicted molar refractivity (Wildman–Crippen MR) is 139 cm³/mol. The molecule has 4 rings (SSSR count). The van der Waals surface area contributed by atoms with Gasteiger partial charge in [0.05, 0.1) is 0 Å². The number of nitrogens with zero attached hydrogens (tertiary/aromatic N) is 1. The molecule has 0 saturated carbocycles. The number of carboxylic acid groups (broad SMARTS) is 1. The van der Waals surface area contributed by atoms with Gasteiger partial charge in [0.2, 0.25) is 0 Å². The molecule has 0 aromatic heterocycles. The number of carbonyl (C=O) groups is 2. The Morgan fingerprint density at radius 2 is 1.51 bits per heavy atom. The molecule has 0 radical (unpaired) electrons. The van der Waals surface area contributed by atoms with Crippen LogP contribution in [0.3, 0.4) is 0 Å². The number of benzene rings is 3. The van der Waals surface area contributed by atoms with Crippen molar-refractivity contribution in [3.63, 3.8) is 0 Å². The van der Waals surface area contributed by atoms with Crippen molar-refractivity contribution in [2.24, 2.45) is 0 Å². The number of carbonyl (C=O) groups excluding carboxylic acids is 1. The summed E-state index contributed by atoms with van der Waals surface area (Å²) in [5.74, 6) is -0.0840. The fraction of sp³-hybridized carbons (Fsp3) is 0.286. The molecule has 3 N–H and O–H groups in total. The van der Waals surface area contributed by atoms with Crippen LogP contribution < -0.4 is 10.6 Å². The minimum Gasteiger partial charge on any atom is -0.465 e. The predicted octanol–water partition coefficient (Wildman–Crippen LogP) is 5.21. The molecule has 1 fully saturated rings. The fourth-order valence-electron chi connectivity index (χ4n) is 4.46. The van der Waals surface area contributed by atoms with Gasteiger partial charge in [0.15, 0.2) is 0 Å². The molecule has 1 heterocycles. The Hall–Kier alpha value is -3.35. The second-order valence-electron chi connectivity index (χ2n) is 8.86. The summed E-state index contributed by atoms with van der Waals surface area (Å²) in [7, 11) is 0. The van der Waals surface area contributed by atoms with Crippen molar-refractivity contribution in [3.05, 3.63) is 94.5 Å². The molecule has 1 aliphatic heterocycles. The number of hydrogen-bond acceptors (Lipinski definition) is 3. The zero-order valence-electron chi connectivity index (χ0n) is 19.5. The Bertz CT molecular complexity index is 1130. The molecular weight excluding hydrogens is 462 g/mol. The van der Waals surface area contributed by atoms with Crippen LogP contribution in [-0.4, -0.2) is 47.7 Å². The maximum absolute atomic E-state index is 12.5. The SMILES string of the molecule is O=C(O)NCC1CCCN1Cc1ccc(CCNC(=O)c2ccc(-c3ccc(Cl)cc3)cc2)cc1. The molecule has 3 aromatic rings. The number of likely N-dealkylation sites (tertiary alicyclic amines) is 1. The zero-order chi connectivity index (χ0) is 24.6. The smallest absolute Gasteiger partial charge is 0.404 e. The van der Waals surface area contributed by atoms with Crippen LogP contribution in [0.4, 0.5) is 4.79 Å². The van der Waals surface area contributed by atoms with Crippen LogP contribution in [0.5, 0.6) is 0 Å². The van der Waals surface area contributed by atoms with E-state index < -0.39 is 6.09 Å². The largest absolute Gasteiger partial charge is 0.465 e. The van der Waals surface area contributed by atoms with Crippen molar-refractivity contribution in [2.75, 3.05) is 19.6 Å². The summed E-state index contributed by atoms with van der Waals surface area (Å²) < 4.78 is 0. The average Bonchev–Trinajstić information content (AvgIpc) is 3.31. The summed E-state index contributed by atoms with van der Waals surface area (Å²) >= 11 is 5.95. The first-order valence-electron chi connectivity index (χ1n) is 11.9. The van der Waals surface area contributed by atoms with Crippen molar-refractivity contribution >= 4 is 23.6 Å². The molecule has 1 atom stereocenters. The molecule has 182 valence electrons. The molecule has 3 aromatic carbocycles. The Morgan fingerprint density at radius 3 is 2.17 bits per heavy atom. The highest BCUT2D eigenvalue weighted by atomic mass is 35.5. The highest BCUT2D eigenvalue weighted by Crippen LogP contribution is 2.22. The Morgan fingerprint density at radius 1 is 0.886 bits per heavy atom. The number of halogens is 1. The molecule has 2 amide bonds. The van der Waals surface area contributed by atoms with Crippen LogP contribution >= 0.6 is 11.6 Å². The van der Waals surface area contributed by atoms with Gasteiger partial charge in [0.25, 0.3) is 5.91 Å². The lowest BCUT2D eigenvalue weighted by Gasteiger charge is -2.24. The van der Waals surface area contributed by atoms with E-state index in [-0.39, 0.29) is 11.9 Å². The van der Waals surface area contributed by atoms with Crippen LogP contribution in [-0.2, 0) is 13.0 Å². The molecule has 0 bridgehead atoms. The van der Waals surface area contributed by atoms with Gasteiger partial charge in [-0.3, -0.25) is 9.69 Å². The molecule has 7 heteroatoms. The topological polar surface area (TPSA) is 81.7 Å². The monoisotopic (exact) mass is 491 g/mol. The summed E-state index contributed by atoms with van der Waals surface area (Å²) in [4.78, 5) is 25.6. The molecule has 1 saturated heterocycles. The van der Waals surface area contributed by atoms with Crippen LogP contribution in [0.15, 0.2) is 72.8 Å². The van der Waals surface area contributed by atoms with Crippen molar-refractivity contribution in [2.45, 2.75) is 31.8 Å². The molecule has 1 aliphatic rings. The molecule has 6 nitrogen and oxygen atoms in total. The summed E-state index contributed by atoms with van der Waals surface area (Å²) in [5, 5.41) is 15.1. The summed E-state index contributed by atoms with van der Waals surface area (Å²) in [6, 6.07) is 23.9. The lowest BCUT2D eigenvalue weighted by Crippen LogP contribution is -2.39. The molecule has 0 aliphatic carbocycles. The van der Waals surface area contributed by atoms with E-state index in [0.29, 0.717) is 23.7 Å². The van der Waals surface area contributed by atoms with Crippen LogP contribution in [0, 0.1) is 0 Å². The van der Waals surface area contributed by atoms with Gasteiger partial charge in [0, 0.05) is 36.3 Å². The van der Waals surface area contributed by atoms with E-state index in [2.05, 4.69) is 39.8 Å². The minimum absolute atomic E-state index is 0.0840. The highest BCUT2D eigenvalue weighted by Gasteiger charge is 2.24. The van der Waals surface area contributed by atoms with Crippen LogP contribution in [0.2, 0.25) is 5.02 Å². The van der Waals surface area contributed by atoms with E-state index in [0.717, 1.165) is 49.0 Å². The standard InChI is InChI=1S/C28H30ClN3O3/c29-25-13-11-23(12-14-25)22-7-9-24(10-8-22)27(33)30-16-15-20-3-5-21(6-4-20)19-32-17-1-2-26(32)18-31-28(34)35/h3-14,26,31H,1-2,15-19H2,(H,30,33)(H,34,35). The van der Waals surface area contributed by atoms with Gasteiger partial charge < -0.3 is 15.7 Å². The van der Waals surface area contributed by atoms with Gasteiger partial charge in [-0.25, -0.2) is 4.79 Å². The first-order chi connectivity index (χ1) is 17.0. The van der Waals surface area contributed by atoms with Crippen molar-refractivity contribution in [1.82, 2.24) is 15.5 Å². The van der Waals surface area contributed by atoms with Gasteiger partial charge in [-0.05, 0) is 72.3 Å². The van der Waals surface area contributed by atoms with E-state index in [9.17, 15) is 9.59 Å². The average molecular weight is 492 g/mol. The van der Waals surface area contributed by atoms with Crippen molar-refractivity contribution < 1.29 is 14.7 Å². The Balaban J connectivity index is 1.23. The van der Waals surface area contributed by atoms with Gasteiger partial charge in [-0.1, -0.05) is 60.1 Å². The van der Waals surface area contributed by atoms with Gasteiger partial charge in [0.1, 0.15) is 0 Å². The lowest BCUT2D eigenvalue weighted by atomic mass is 10.0. The maximum atomic E-state index is 12.5. The van der Waals surface area contributed by atoms with E-state index >= 15 is 0 Å². The van der Waals surface area contributed by atoms with Crippen LogP contribution in [0.25, 0.3) is 11.1 Å². The third-order valence-corrected chi connectivity index (χ3v) is 6.67. The Kier molecular flexibility index (Phi) is 8.40. The number of hydrogen-bond donors (Lipinski definition) is 3. The fourth-order valence-corrected chi connectivity index (χ4v) is 4.59. The van der Waals surface area contributed by atoms with E-state index in [4.69, 9.17) is 16.7 Å². The molecule has 1 unspecified atom stereocenters. The second kappa shape index (κ2) is 11.9. The number of rotatable bonds is 9. The molecular formula is C28H30ClN3O3. The van der Waals surface area contributed by atoms with E-state index in [1.54, 1.807) is 0 Å². The quantitative estimate of drug-likeness (QED) is 0.383.